The number of ether oxygens (including phenoxy) is 1. The van der Waals surface area contributed by atoms with Crippen molar-refractivity contribution < 1.29 is 22.8 Å². The van der Waals surface area contributed by atoms with Gasteiger partial charge in [-0.15, -0.1) is 0 Å². The zero-order valence-electron chi connectivity index (χ0n) is 14.2. The zero-order chi connectivity index (χ0) is 18.7. The molecule has 7 heteroatoms. The van der Waals surface area contributed by atoms with Gasteiger partial charge in [0.2, 0.25) is 0 Å². The third kappa shape index (κ3) is 3.88. The van der Waals surface area contributed by atoms with Gasteiger partial charge in [-0.3, -0.25) is 4.79 Å². The van der Waals surface area contributed by atoms with Crippen molar-refractivity contribution in [1.82, 2.24) is 5.16 Å². The Bertz CT molecular complexity index is 954. The van der Waals surface area contributed by atoms with E-state index in [4.69, 9.17) is 9.26 Å². The average molecular weight is 358 g/mol. The van der Waals surface area contributed by atoms with E-state index in [0.29, 0.717) is 23.1 Å². The lowest BCUT2D eigenvalue weighted by atomic mass is 10.2. The van der Waals surface area contributed by atoms with Crippen molar-refractivity contribution in [2.45, 2.75) is 20.5 Å². The summed E-state index contributed by atoms with van der Waals surface area (Å²) in [5.41, 5.74) is 1.32. The molecule has 0 unspecified atom stereocenters. The van der Waals surface area contributed by atoms with E-state index < -0.39 is 17.5 Å². The van der Waals surface area contributed by atoms with Crippen LogP contribution in [0.2, 0.25) is 0 Å². The number of amides is 1. The van der Waals surface area contributed by atoms with Gasteiger partial charge in [-0.05, 0) is 43.7 Å². The second kappa shape index (κ2) is 7.35. The highest BCUT2D eigenvalue weighted by atomic mass is 19.1. The van der Waals surface area contributed by atoms with Crippen LogP contribution in [0.15, 0.2) is 47.0 Å². The smallest absolute Gasteiger partial charge is 0.278 e. The number of nitrogens with zero attached hydrogens (tertiary/aromatic N) is 1. The number of carbonyl (C=O) groups excluding carboxylic acids is 1. The number of aromatic nitrogens is 1. The second-order valence-electron chi connectivity index (χ2n) is 5.75. The predicted molar refractivity (Wildman–Crippen MR) is 91.1 cm³/mol. The number of rotatable bonds is 5. The van der Waals surface area contributed by atoms with E-state index in [1.165, 1.54) is 0 Å². The van der Waals surface area contributed by atoms with E-state index in [1.807, 2.05) is 25.1 Å². The number of halogens is 2. The van der Waals surface area contributed by atoms with Crippen molar-refractivity contribution in [3.05, 3.63) is 76.7 Å². The number of aryl methyl sites for hydroxylation is 2. The quantitative estimate of drug-likeness (QED) is 0.734. The van der Waals surface area contributed by atoms with Crippen molar-refractivity contribution in [1.29, 1.82) is 0 Å². The lowest BCUT2D eigenvalue weighted by Crippen LogP contribution is -2.16. The van der Waals surface area contributed by atoms with Gasteiger partial charge in [0.25, 0.3) is 5.91 Å². The molecule has 0 saturated carbocycles. The van der Waals surface area contributed by atoms with Crippen LogP contribution in [-0.4, -0.2) is 11.1 Å². The minimum absolute atomic E-state index is 0.0149. The molecule has 0 spiro atoms. The SMILES string of the molecule is Cc1cccc(OCc2c(C(=O)Nc3ccc(F)cc3F)noc2C)c1. The number of anilines is 1. The molecule has 0 radical (unpaired) electrons. The monoisotopic (exact) mass is 358 g/mol. The average Bonchev–Trinajstić information content (AvgIpc) is 2.96. The Hall–Kier alpha value is -3.22. The first-order chi connectivity index (χ1) is 12.4. The molecule has 0 aliphatic heterocycles. The molecule has 134 valence electrons. The van der Waals surface area contributed by atoms with E-state index in [2.05, 4.69) is 10.5 Å². The van der Waals surface area contributed by atoms with Gasteiger partial charge in [0.1, 0.15) is 29.8 Å². The van der Waals surface area contributed by atoms with Gasteiger partial charge >= 0.3 is 0 Å². The number of hydrogen-bond acceptors (Lipinski definition) is 4. The fourth-order valence-electron chi connectivity index (χ4n) is 2.37. The number of hydrogen-bond donors (Lipinski definition) is 1. The third-order valence-electron chi connectivity index (χ3n) is 3.75. The lowest BCUT2D eigenvalue weighted by molar-refractivity contribution is 0.101. The first-order valence-electron chi connectivity index (χ1n) is 7.85. The molecule has 0 fully saturated rings. The Kier molecular flexibility index (Phi) is 4.97. The molecule has 5 nitrogen and oxygen atoms in total. The lowest BCUT2D eigenvalue weighted by Gasteiger charge is -2.08. The maximum atomic E-state index is 13.7. The highest BCUT2D eigenvalue weighted by Gasteiger charge is 2.21. The first-order valence-corrected chi connectivity index (χ1v) is 7.85. The molecule has 3 rings (SSSR count). The van der Waals surface area contributed by atoms with Crippen molar-refractivity contribution in [2.24, 2.45) is 0 Å². The molecular formula is C19H16F2N2O3. The Labute approximate surface area is 148 Å². The topological polar surface area (TPSA) is 64.4 Å². The second-order valence-corrected chi connectivity index (χ2v) is 5.75. The van der Waals surface area contributed by atoms with Crippen molar-refractivity contribution in [2.75, 3.05) is 5.32 Å². The largest absolute Gasteiger partial charge is 0.489 e. The molecule has 0 bridgehead atoms. The summed E-state index contributed by atoms with van der Waals surface area (Å²) in [5.74, 6) is -1.22. The first kappa shape index (κ1) is 17.6. The van der Waals surface area contributed by atoms with Crippen molar-refractivity contribution >= 4 is 11.6 Å². The van der Waals surface area contributed by atoms with Gasteiger partial charge in [0, 0.05) is 6.07 Å². The van der Waals surface area contributed by atoms with E-state index in [9.17, 15) is 13.6 Å². The predicted octanol–water partition coefficient (Wildman–Crippen LogP) is 4.40. The minimum atomic E-state index is -0.879. The summed E-state index contributed by atoms with van der Waals surface area (Å²) in [6.07, 6.45) is 0. The summed E-state index contributed by atoms with van der Waals surface area (Å²) >= 11 is 0. The Balaban J connectivity index is 1.77. The van der Waals surface area contributed by atoms with Crippen LogP contribution in [0, 0.1) is 25.5 Å². The molecule has 26 heavy (non-hydrogen) atoms. The number of carbonyl (C=O) groups is 1. The highest BCUT2D eigenvalue weighted by molar-refractivity contribution is 6.03. The number of benzene rings is 2. The maximum Gasteiger partial charge on any atom is 0.278 e. The van der Waals surface area contributed by atoms with Crippen LogP contribution in [0.4, 0.5) is 14.5 Å². The molecule has 3 aromatic rings. The molecule has 2 aromatic carbocycles. The molecule has 1 amide bonds. The molecule has 0 aliphatic carbocycles. The normalized spacial score (nSPS) is 10.6. The van der Waals surface area contributed by atoms with Gasteiger partial charge in [0.05, 0.1) is 11.3 Å². The Morgan fingerprint density at radius 3 is 2.73 bits per heavy atom. The number of nitrogens with one attached hydrogen (secondary N) is 1. The van der Waals surface area contributed by atoms with Crippen LogP contribution in [0.5, 0.6) is 5.75 Å². The fraction of sp³-hybridized carbons (Fsp3) is 0.158. The van der Waals surface area contributed by atoms with E-state index >= 15 is 0 Å². The van der Waals surface area contributed by atoms with Crippen LogP contribution in [0.1, 0.15) is 27.4 Å². The molecule has 0 saturated heterocycles. The zero-order valence-corrected chi connectivity index (χ0v) is 14.2. The molecule has 1 N–H and O–H groups in total. The molecule has 1 aromatic heterocycles. The Morgan fingerprint density at radius 1 is 1.19 bits per heavy atom. The van der Waals surface area contributed by atoms with Crippen molar-refractivity contribution in [3.8, 4) is 5.75 Å². The molecule has 0 aliphatic rings. The van der Waals surface area contributed by atoms with E-state index in [-0.39, 0.29) is 18.0 Å². The fourth-order valence-corrected chi connectivity index (χ4v) is 2.37. The van der Waals surface area contributed by atoms with Crippen LogP contribution in [0.3, 0.4) is 0 Å². The van der Waals surface area contributed by atoms with Crippen molar-refractivity contribution in [3.63, 3.8) is 0 Å². The van der Waals surface area contributed by atoms with Gasteiger partial charge in [-0.1, -0.05) is 17.3 Å². The van der Waals surface area contributed by atoms with Crippen LogP contribution in [-0.2, 0) is 6.61 Å². The van der Waals surface area contributed by atoms with Gasteiger partial charge in [-0.2, -0.15) is 0 Å². The summed E-state index contributed by atoms with van der Waals surface area (Å²) in [4.78, 5) is 12.4. The standard InChI is InChI=1S/C19H16F2N2O3/c1-11-4-3-5-14(8-11)25-10-15-12(2)26-23-18(15)19(24)22-17-7-6-13(20)9-16(17)21/h3-9H,10H2,1-2H3,(H,22,24). The van der Waals surface area contributed by atoms with E-state index in [0.717, 1.165) is 17.7 Å². The summed E-state index contributed by atoms with van der Waals surface area (Å²) in [6.45, 7) is 3.65. The van der Waals surface area contributed by atoms with Crippen LogP contribution in [0.25, 0.3) is 0 Å². The highest BCUT2D eigenvalue weighted by Crippen LogP contribution is 2.21. The Morgan fingerprint density at radius 2 is 2.00 bits per heavy atom. The van der Waals surface area contributed by atoms with Crippen LogP contribution < -0.4 is 10.1 Å². The van der Waals surface area contributed by atoms with Gasteiger partial charge < -0.3 is 14.6 Å². The van der Waals surface area contributed by atoms with Crippen LogP contribution >= 0.6 is 0 Å². The molecule has 0 atom stereocenters. The molecular weight excluding hydrogens is 342 g/mol. The minimum Gasteiger partial charge on any atom is -0.489 e. The summed E-state index contributed by atoms with van der Waals surface area (Å²) < 4.78 is 37.4. The summed E-state index contributed by atoms with van der Waals surface area (Å²) in [7, 11) is 0. The van der Waals surface area contributed by atoms with Gasteiger partial charge in [0.15, 0.2) is 5.69 Å². The summed E-state index contributed by atoms with van der Waals surface area (Å²) in [6, 6.07) is 10.3. The molecule has 1 heterocycles. The third-order valence-corrected chi connectivity index (χ3v) is 3.75. The summed E-state index contributed by atoms with van der Waals surface area (Å²) in [5, 5.41) is 6.08. The van der Waals surface area contributed by atoms with E-state index in [1.54, 1.807) is 13.0 Å². The maximum absolute atomic E-state index is 13.7. The van der Waals surface area contributed by atoms with Gasteiger partial charge in [-0.25, -0.2) is 8.78 Å².